The van der Waals surface area contributed by atoms with Crippen molar-refractivity contribution in [1.82, 2.24) is 4.90 Å². The van der Waals surface area contributed by atoms with Gasteiger partial charge in [-0.3, -0.25) is 4.79 Å². The number of carbonyl (C=O) groups is 1. The zero-order valence-corrected chi connectivity index (χ0v) is 13.7. The van der Waals surface area contributed by atoms with E-state index in [1.807, 2.05) is 42.5 Å². The number of rotatable bonds is 7. The maximum atomic E-state index is 12.8. The van der Waals surface area contributed by atoms with Crippen LogP contribution in [-0.2, 0) is 17.9 Å². The van der Waals surface area contributed by atoms with Crippen molar-refractivity contribution in [3.05, 3.63) is 84.2 Å². The first kappa shape index (κ1) is 16.1. The molecular formula is C20H21NO3. The highest BCUT2D eigenvalue weighted by molar-refractivity contribution is 5.77. The summed E-state index contributed by atoms with van der Waals surface area (Å²) >= 11 is 0. The highest BCUT2D eigenvalue weighted by Crippen LogP contribution is 2.21. The Hall–Kier alpha value is -2.75. The minimum Gasteiger partial charge on any atom is -0.467 e. The molecule has 3 aromatic rings. The summed E-state index contributed by atoms with van der Waals surface area (Å²) in [5.41, 5.74) is 1.17. The second-order valence-electron chi connectivity index (χ2n) is 5.92. The molecule has 2 heterocycles. The Kier molecular flexibility index (Phi) is 5.16. The van der Waals surface area contributed by atoms with E-state index in [4.69, 9.17) is 8.83 Å². The average molecular weight is 323 g/mol. The summed E-state index contributed by atoms with van der Waals surface area (Å²) in [6, 6.07) is 17.5. The van der Waals surface area contributed by atoms with Crippen LogP contribution in [0.25, 0.3) is 0 Å². The van der Waals surface area contributed by atoms with Gasteiger partial charge in [0.15, 0.2) is 0 Å². The quantitative estimate of drug-likeness (QED) is 0.638. The van der Waals surface area contributed by atoms with E-state index in [1.165, 1.54) is 5.56 Å². The number of benzene rings is 1. The Morgan fingerprint density at radius 1 is 0.917 bits per heavy atom. The van der Waals surface area contributed by atoms with Crippen molar-refractivity contribution in [2.24, 2.45) is 0 Å². The molecule has 1 amide bonds. The van der Waals surface area contributed by atoms with Crippen molar-refractivity contribution in [3.8, 4) is 0 Å². The molecule has 1 unspecified atom stereocenters. The molecule has 1 aromatic carbocycles. The summed E-state index contributed by atoms with van der Waals surface area (Å²) in [5, 5.41) is 0. The van der Waals surface area contributed by atoms with Gasteiger partial charge >= 0.3 is 0 Å². The van der Waals surface area contributed by atoms with Gasteiger partial charge in [0.05, 0.1) is 25.6 Å². The van der Waals surface area contributed by atoms with Crippen molar-refractivity contribution >= 4 is 5.91 Å². The lowest BCUT2D eigenvalue weighted by molar-refractivity contribution is -0.133. The van der Waals surface area contributed by atoms with Crippen molar-refractivity contribution in [2.45, 2.75) is 32.4 Å². The molecule has 0 radical (unpaired) electrons. The molecule has 0 spiro atoms. The third-order valence-electron chi connectivity index (χ3n) is 4.06. The second kappa shape index (κ2) is 7.68. The SMILES string of the molecule is CC(CC(=O)N(Cc1ccco1)Cc1ccco1)c1ccccc1. The Morgan fingerprint density at radius 2 is 1.50 bits per heavy atom. The van der Waals surface area contributed by atoms with Crippen LogP contribution in [0.15, 0.2) is 76.0 Å². The van der Waals surface area contributed by atoms with Crippen LogP contribution in [0.1, 0.15) is 36.3 Å². The fraction of sp³-hybridized carbons (Fsp3) is 0.250. The third kappa shape index (κ3) is 4.16. The van der Waals surface area contributed by atoms with E-state index in [0.29, 0.717) is 19.5 Å². The molecule has 0 N–H and O–H groups in total. The van der Waals surface area contributed by atoms with Gasteiger partial charge in [-0.15, -0.1) is 0 Å². The number of furan rings is 2. The van der Waals surface area contributed by atoms with Crippen LogP contribution >= 0.6 is 0 Å². The minimum atomic E-state index is 0.0825. The van der Waals surface area contributed by atoms with Gasteiger partial charge in [-0.05, 0) is 35.7 Å². The Bertz CT molecular complexity index is 696. The first-order valence-corrected chi connectivity index (χ1v) is 8.10. The summed E-state index contributed by atoms with van der Waals surface area (Å²) in [6.07, 6.45) is 3.69. The first-order chi connectivity index (χ1) is 11.7. The number of hydrogen-bond acceptors (Lipinski definition) is 3. The van der Waals surface area contributed by atoms with Crippen molar-refractivity contribution < 1.29 is 13.6 Å². The van der Waals surface area contributed by atoms with Crippen molar-refractivity contribution in [2.75, 3.05) is 0 Å². The van der Waals surface area contributed by atoms with Gasteiger partial charge in [-0.2, -0.15) is 0 Å². The molecule has 1 atom stereocenters. The number of amides is 1. The molecule has 4 nitrogen and oxygen atoms in total. The summed E-state index contributed by atoms with van der Waals surface area (Å²) in [4.78, 5) is 14.6. The smallest absolute Gasteiger partial charge is 0.223 e. The fourth-order valence-electron chi connectivity index (χ4n) is 2.70. The summed E-state index contributed by atoms with van der Waals surface area (Å²) in [7, 11) is 0. The van der Waals surface area contributed by atoms with Gasteiger partial charge in [0.25, 0.3) is 0 Å². The molecule has 2 aromatic heterocycles. The highest BCUT2D eigenvalue weighted by Gasteiger charge is 2.20. The van der Waals surface area contributed by atoms with Crippen LogP contribution in [0.5, 0.6) is 0 Å². The van der Waals surface area contributed by atoms with Crippen LogP contribution in [0, 0.1) is 0 Å². The highest BCUT2D eigenvalue weighted by atomic mass is 16.3. The molecular weight excluding hydrogens is 302 g/mol. The van der Waals surface area contributed by atoms with Gasteiger partial charge in [0, 0.05) is 6.42 Å². The van der Waals surface area contributed by atoms with E-state index in [-0.39, 0.29) is 11.8 Å². The van der Waals surface area contributed by atoms with Crippen molar-refractivity contribution in [3.63, 3.8) is 0 Å². The topological polar surface area (TPSA) is 46.6 Å². The predicted molar refractivity (Wildman–Crippen MR) is 91.1 cm³/mol. The normalized spacial score (nSPS) is 12.0. The van der Waals surface area contributed by atoms with Gasteiger partial charge in [-0.1, -0.05) is 37.3 Å². The Labute approximate surface area is 141 Å². The van der Waals surface area contributed by atoms with Crippen molar-refractivity contribution in [1.29, 1.82) is 0 Å². The largest absolute Gasteiger partial charge is 0.467 e. The van der Waals surface area contributed by atoms with Crippen LogP contribution in [0.2, 0.25) is 0 Å². The van der Waals surface area contributed by atoms with Gasteiger partial charge < -0.3 is 13.7 Å². The minimum absolute atomic E-state index is 0.0825. The zero-order valence-electron chi connectivity index (χ0n) is 13.7. The predicted octanol–water partition coefficient (Wildman–Crippen LogP) is 4.60. The zero-order chi connectivity index (χ0) is 16.8. The Balaban J connectivity index is 1.70. The molecule has 0 aliphatic carbocycles. The molecule has 0 fully saturated rings. The van der Waals surface area contributed by atoms with Crippen LogP contribution in [0.4, 0.5) is 0 Å². The standard InChI is InChI=1S/C20H21NO3/c1-16(17-7-3-2-4-8-17)13-20(22)21(14-18-9-5-11-23-18)15-19-10-6-12-24-19/h2-12,16H,13-15H2,1H3. The first-order valence-electron chi connectivity index (χ1n) is 8.10. The van der Waals surface area contributed by atoms with E-state index in [1.54, 1.807) is 17.4 Å². The summed E-state index contributed by atoms with van der Waals surface area (Å²) in [6.45, 7) is 2.95. The van der Waals surface area contributed by atoms with Crippen LogP contribution < -0.4 is 0 Å². The van der Waals surface area contributed by atoms with E-state index < -0.39 is 0 Å². The lowest BCUT2D eigenvalue weighted by Gasteiger charge is -2.22. The maximum Gasteiger partial charge on any atom is 0.223 e. The Morgan fingerprint density at radius 3 is 2.00 bits per heavy atom. The molecule has 0 aliphatic rings. The van der Waals surface area contributed by atoms with Gasteiger partial charge in [0.1, 0.15) is 11.5 Å². The van der Waals surface area contributed by atoms with E-state index >= 15 is 0 Å². The lowest BCUT2D eigenvalue weighted by Crippen LogP contribution is -2.30. The molecule has 0 saturated heterocycles. The molecule has 124 valence electrons. The monoisotopic (exact) mass is 323 g/mol. The van der Waals surface area contributed by atoms with E-state index in [0.717, 1.165) is 11.5 Å². The summed E-state index contributed by atoms with van der Waals surface area (Å²) < 4.78 is 10.8. The number of nitrogens with zero attached hydrogens (tertiary/aromatic N) is 1. The number of carbonyl (C=O) groups excluding carboxylic acids is 1. The van der Waals surface area contributed by atoms with Crippen LogP contribution in [-0.4, -0.2) is 10.8 Å². The van der Waals surface area contributed by atoms with Crippen LogP contribution in [0.3, 0.4) is 0 Å². The molecule has 0 saturated carbocycles. The van der Waals surface area contributed by atoms with Gasteiger partial charge in [0.2, 0.25) is 5.91 Å². The molecule has 0 aliphatic heterocycles. The molecule has 4 heteroatoms. The summed E-state index contributed by atoms with van der Waals surface area (Å²) in [5.74, 6) is 1.78. The molecule has 3 rings (SSSR count). The fourth-order valence-corrected chi connectivity index (χ4v) is 2.70. The molecule has 24 heavy (non-hydrogen) atoms. The third-order valence-corrected chi connectivity index (χ3v) is 4.06. The maximum absolute atomic E-state index is 12.8. The molecule has 0 bridgehead atoms. The van der Waals surface area contributed by atoms with E-state index in [2.05, 4.69) is 19.1 Å². The number of hydrogen-bond donors (Lipinski definition) is 0. The van der Waals surface area contributed by atoms with E-state index in [9.17, 15) is 4.79 Å². The average Bonchev–Trinajstić information content (AvgIpc) is 3.29. The lowest BCUT2D eigenvalue weighted by atomic mass is 9.97. The second-order valence-corrected chi connectivity index (χ2v) is 5.92. The van der Waals surface area contributed by atoms with Gasteiger partial charge in [-0.25, -0.2) is 0 Å².